The summed E-state index contributed by atoms with van der Waals surface area (Å²) in [6.07, 6.45) is 1.60. The minimum atomic E-state index is 0.0121. The van der Waals surface area contributed by atoms with Crippen molar-refractivity contribution in [3.05, 3.63) is 11.9 Å². The maximum atomic E-state index is 12.5. The third kappa shape index (κ3) is 2.47. The van der Waals surface area contributed by atoms with Crippen molar-refractivity contribution < 1.29 is 9.53 Å². The number of thioether (sulfide) groups is 2. The molecule has 1 fully saturated rings. The zero-order valence-corrected chi connectivity index (χ0v) is 11.8. The van der Waals surface area contributed by atoms with Crippen molar-refractivity contribution in [2.75, 3.05) is 18.6 Å². The van der Waals surface area contributed by atoms with Crippen LogP contribution >= 0.6 is 23.5 Å². The molecule has 1 aliphatic rings. The van der Waals surface area contributed by atoms with Crippen LogP contribution in [0.3, 0.4) is 0 Å². The molecule has 1 aromatic rings. The third-order valence-corrected chi connectivity index (χ3v) is 5.89. The van der Waals surface area contributed by atoms with Crippen molar-refractivity contribution in [2.24, 2.45) is 7.05 Å². The predicted molar refractivity (Wildman–Crippen MR) is 72.3 cm³/mol. The van der Waals surface area contributed by atoms with Crippen LogP contribution in [0.15, 0.2) is 6.20 Å². The molecule has 0 spiro atoms. The van der Waals surface area contributed by atoms with E-state index < -0.39 is 0 Å². The summed E-state index contributed by atoms with van der Waals surface area (Å²) < 4.78 is 6.80. The van der Waals surface area contributed by atoms with Gasteiger partial charge < -0.3 is 4.74 Å². The molecule has 0 aromatic carbocycles. The number of aryl methyl sites for hydroxylation is 1. The van der Waals surface area contributed by atoms with Crippen LogP contribution < -0.4 is 4.74 Å². The molecule has 0 radical (unpaired) electrons. The van der Waals surface area contributed by atoms with E-state index in [1.165, 1.54) is 0 Å². The number of Topliss-reactive ketones (excluding diaryl/α,β-unsaturated/α-hetero) is 1. The predicted octanol–water partition coefficient (Wildman–Crippen LogP) is 1.85. The van der Waals surface area contributed by atoms with Crippen LogP contribution in [-0.4, -0.2) is 44.7 Å². The van der Waals surface area contributed by atoms with Crippen molar-refractivity contribution >= 4 is 29.3 Å². The Balaban J connectivity index is 2.26. The Morgan fingerprint density at radius 2 is 2.24 bits per heavy atom. The van der Waals surface area contributed by atoms with Gasteiger partial charge in [-0.25, -0.2) is 0 Å². The van der Waals surface area contributed by atoms with Crippen molar-refractivity contribution in [1.29, 1.82) is 0 Å². The molecule has 4 nitrogen and oxygen atoms in total. The molecule has 17 heavy (non-hydrogen) atoms. The number of ether oxygens (including phenoxy) is 1. The molecule has 2 heterocycles. The van der Waals surface area contributed by atoms with Gasteiger partial charge in [0.1, 0.15) is 5.69 Å². The molecule has 0 bridgehead atoms. The highest BCUT2D eigenvalue weighted by Gasteiger charge is 2.33. The van der Waals surface area contributed by atoms with Crippen LogP contribution in [0.1, 0.15) is 17.4 Å². The van der Waals surface area contributed by atoms with E-state index >= 15 is 0 Å². The zero-order chi connectivity index (χ0) is 12.4. The molecule has 2 rings (SSSR count). The second-order valence-corrected chi connectivity index (χ2v) is 6.65. The van der Waals surface area contributed by atoms with Crippen LogP contribution in [-0.2, 0) is 7.05 Å². The van der Waals surface area contributed by atoms with Crippen molar-refractivity contribution in [3.63, 3.8) is 0 Å². The number of carbonyl (C=O) groups excluding carboxylic acids is 1. The Morgan fingerprint density at radius 3 is 2.88 bits per heavy atom. The minimum absolute atomic E-state index is 0.0121. The van der Waals surface area contributed by atoms with Gasteiger partial charge in [-0.2, -0.15) is 16.9 Å². The first kappa shape index (κ1) is 12.8. The molecule has 1 aliphatic heterocycles. The number of aromatic nitrogens is 2. The first-order valence-corrected chi connectivity index (χ1v) is 7.58. The lowest BCUT2D eigenvalue weighted by atomic mass is 10.1. The molecule has 0 aliphatic carbocycles. The number of rotatable bonds is 3. The van der Waals surface area contributed by atoms with Gasteiger partial charge in [-0.05, 0) is 0 Å². The van der Waals surface area contributed by atoms with Gasteiger partial charge in [0, 0.05) is 23.8 Å². The monoisotopic (exact) mass is 272 g/mol. The SMILES string of the molecule is COc1cnn(C)c1C(=O)C1SCCSC1C. The number of carbonyl (C=O) groups is 1. The van der Waals surface area contributed by atoms with E-state index in [0.717, 1.165) is 11.5 Å². The summed E-state index contributed by atoms with van der Waals surface area (Å²) >= 11 is 3.60. The molecule has 94 valence electrons. The zero-order valence-electron chi connectivity index (χ0n) is 10.2. The highest BCUT2D eigenvalue weighted by Crippen LogP contribution is 2.34. The fraction of sp³-hybridized carbons (Fsp3) is 0.636. The quantitative estimate of drug-likeness (QED) is 0.786. The van der Waals surface area contributed by atoms with E-state index in [1.54, 1.807) is 36.8 Å². The van der Waals surface area contributed by atoms with Crippen LogP contribution in [0.25, 0.3) is 0 Å². The molecule has 6 heteroatoms. The highest BCUT2D eigenvalue weighted by molar-refractivity contribution is 8.07. The largest absolute Gasteiger partial charge is 0.493 e. The minimum Gasteiger partial charge on any atom is -0.493 e. The van der Waals surface area contributed by atoms with Crippen molar-refractivity contribution in [1.82, 2.24) is 9.78 Å². The van der Waals surface area contributed by atoms with Gasteiger partial charge in [0.2, 0.25) is 0 Å². The second-order valence-electron chi connectivity index (χ2n) is 3.92. The summed E-state index contributed by atoms with van der Waals surface area (Å²) in [5, 5.41) is 4.44. The molecule has 0 N–H and O–H groups in total. The van der Waals surface area contributed by atoms with Crippen LogP contribution in [0, 0.1) is 0 Å². The van der Waals surface area contributed by atoms with E-state index in [2.05, 4.69) is 12.0 Å². The number of hydrogen-bond donors (Lipinski definition) is 0. The van der Waals surface area contributed by atoms with Crippen molar-refractivity contribution in [3.8, 4) is 5.75 Å². The Morgan fingerprint density at radius 1 is 1.53 bits per heavy atom. The Kier molecular flexibility index (Phi) is 4.04. The maximum absolute atomic E-state index is 12.5. The van der Waals surface area contributed by atoms with Crippen LogP contribution in [0.2, 0.25) is 0 Å². The van der Waals surface area contributed by atoms with Crippen LogP contribution in [0.4, 0.5) is 0 Å². The highest BCUT2D eigenvalue weighted by atomic mass is 32.2. The molecule has 1 aromatic heterocycles. The van der Waals surface area contributed by atoms with Gasteiger partial charge in [0.05, 0.1) is 18.6 Å². The van der Waals surface area contributed by atoms with Gasteiger partial charge in [-0.15, -0.1) is 11.8 Å². The lowest BCUT2D eigenvalue weighted by Crippen LogP contribution is -2.32. The van der Waals surface area contributed by atoms with Gasteiger partial charge in [0.15, 0.2) is 11.5 Å². The number of hydrogen-bond acceptors (Lipinski definition) is 5. The average Bonchev–Trinajstić information content (AvgIpc) is 2.70. The second kappa shape index (κ2) is 5.35. The molecule has 1 saturated heterocycles. The summed E-state index contributed by atoms with van der Waals surface area (Å²) in [6, 6.07) is 0. The first-order chi connectivity index (χ1) is 8.15. The smallest absolute Gasteiger partial charge is 0.198 e. The van der Waals surface area contributed by atoms with Gasteiger partial charge in [-0.1, -0.05) is 6.92 Å². The molecule has 0 amide bonds. The van der Waals surface area contributed by atoms with Gasteiger partial charge in [-0.3, -0.25) is 9.48 Å². The Hall–Kier alpha value is -0.620. The topological polar surface area (TPSA) is 44.1 Å². The fourth-order valence-corrected chi connectivity index (χ4v) is 4.60. The van der Waals surface area contributed by atoms with E-state index in [1.807, 2.05) is 11.8 Å². The number of methoxy groups -OCH3 is 1. The van der Waals surface area contributed by atoms with E-state index in [9.17, 15) is 4.79 Å². The fourth-order valence-electron chi connectivity index (χ4n) is 1.90. The standard InChI is InChI=1S/C11H16N2O2S2/c1-7-11(17-5-4-16-7)10(14)9-8(15-3)6-12-13(9)2/h6-7,11H,4-5H2,1-3H3. The Bertz CT molecular complexity index is 420. The summed E-state index contributed by atoms with van der Waals surface area (Å²) in [7, 11) is 3.35. The van der Waals surface area contributed by atoms with E-state index in [-0.39, 0.29) is 11.0 Å². The van der Waals surface area contributed by atoms with Crippen molar-refractivity contribution in [2.45, 2.75) is 17.4 Å². The average molecular weight is 272 g/mol. The lowest BCUT2D eigenvalue weighted by molar-refractivity contribution is 0.0977. The normalized spacial score (nSPS) is 24.6. The third-order valence-electron chi connectivity index (χ3n) is 2.80. The molecule has 2 unspecified atom stereocenters. The summed E-state index contributed by atoms with van der Waals surface area (Å²) in [5.74, 6) is 2.86. The van der Waals surface area contributed by atoms with Gasteiger partial charge >= 0.3 is 0 Å². The maximum Gasteiger partial charge on any atom is 0.198 e. The summed E-state index contributed by atoms with van der Waals surface area (Å²) in [6.45, 7) is 2.11. The number of nitrogens with zero attached hydrogens (tertiary/aromatic N) is 2. The Labute approximate surface area is 109 Å². The molecular weight excluding hydrogens is 256 g/mol. The van der Waals surface area contributed by atoms with Gasteiger partial charge in [0.25, 0.3) is 0 Å². The summed E-state index contributed by atoms with van der Waals surface area (Å²) in [4.78, 5) is 12.5. The van der Waals surface area contributed by atoms with E-state index in [4.69, 9.17) is 4.74 Å². The van der Waals surface area contributed by atoms with E-state index in [0.29, 0.717) is 16.7 Å². The molecule has 2 atom stereocenters. The summed E-state index contributed by atoms with van der Waals surface area (Å²) in [5.41, 5.74) is 0.583. The number of ketones is 1. The lowest BCUT2D eigenvalue weighted by Gasteiger charge is -2.26. The van der Waals surface area contributed by atoms with Crippen LogP contribution in [0.5, 0.6) is 5.75 Å². The molecule has 0 saturated carbocycles. The molecular formula is C11H16N2O2S2. The first-order valence-electron chi connectivity index (χ1n) is 5.48.